The number of ether oxygens (including phenoxy) is 1. The minimum atomic E-state index is -0.346. The molecule has 3 aromatic rings. The third kappa shape index (κ3) is 2.24. The maximum Gasteiger partial charge on any atom is 0.343 e. The van der Waals surface area contributed by atoms with Gasteiger partial charge in [0.2, 0.25) is 0 Å². The summed E-state index contributed by atoms with van der Waals surface area (Å²) in [5.41, 5.74) is 3.56. The second-order valence-electron chi connectivity index (χ2n) is 8.22. The molecule has 2 unspecified atom stereocenters. The van der Waals surface area contributed by atoms with Gasteiger partial charge in [0.1, 0.15) is 11.5 Å². The second kappa shape index (κ2) is 5.59. The Hall–Kier alpha value is -2.81. The second-order valence-corrected chi connectivity index (χ2v) is 8.22. The van der Waals surface area contributed by atoms with E-state index < -0.39 is 0 Å². The molecule has 1 N–H and O–H groups in total. The number of fused-ring (bicyclic) bond motifs is 6. The predicted molar refractivity (Wildman–Crippen MR) is 106 cm³/mol. The minimum absolute atomic E-state index is 0.0318. The molecule has 0 radical (unpaired) electrons. The number of phenols is 1. The zero-order valence-corrected chi connectivity index (χ0v) is 15.6. The van der Waals surface area contributed by atoms with Crippen LogP contribution in [0, 0.1) is 6.92 Å². The first-order valence-corrected chi connectivity index (χ1v) is 9.55. The molecule has 0 spiro atoms. The fraction of sp³-hybridized carbons (Fsp3) is 0.292. The summed E-state index contributed by atoms with van der Waals surface area (Å²) in [7, 11) is 0. The Bertz CT molecular complexity index is 1080. The standard InChI is InChI=1S/C24H22O3/c1-14-7-6-10-17-18(14)22(27-23(26)15-8-4-3-5-9-15)19-16-11-12-24(2,13-16)20(19)21(17)25/h3-10,16,25H,11-13H2,1-2H3. The smallest absolute Gasteiger partial charge is 0.343 e. The van der Waals surface area contributed by atoms with Gasteiger partial charge in [-0.25, -0.2) is 4.79 Å². The van der Waals surface area contributed by atoms with Crippen LogP contribution >= 0.6 is 0 Å². The van der Waals surface area contributed by atoms with E-state index in [0.29, 0.717) is 23.0 Å². The van der Waals surface area contributed by atoms with Crippen LogP contribution in [0.5, 0.6) is 11.5 Å². The van der Waals surface area contributed by atoms with Gasteiger partial charge in [-0.05, 0) is 55.2 Å². The fourth-order valence-corrected chi connectivity index (χ4v) is 5.22. The van der Waals surface area contributed by atoms with Crippen LogP contribution in [0.4, 0.5) is 0 Å². The molecule has 27 heavy (non-hydrogen) atoms. The van der Waals surface area contributed by atoms with Crippen LogP contribution in [-0.2, 0) is 5.41 Å². The molecule has 2 aliphatic carbocycles. The Kier molecular flexibility index (Phi) is 3.39. The van der Waals surface area contributed by atoms with Crippen molar-refractivity contribution in [2.45, 2.75) is 44.4 Å². The Labute approximate surface area is 158 Å². The Balaban J connectivity index is 1.78. The van der Waals surface area contributed by atoms with Crippen LogP contribution in [0.15, 0.2) is 48.5 Å². The van der Waals surface area contributed by atoms with Crippen LogP contribution in [0.3, 0.4) is 0 Å². The van der Waals surface area contributed by atoms with E-state index in [1.165, 1.54) is 0 Å². The van der Waals surface area contributed by atoms with Gasteiger partial charge in [0.15, 0.2) is 0 Å². The van der Waals surface area contributed by atoms with Gasteiger partial charge in [0.25, 0.3) is 0 Å². The maximum absolute atomic E-state index is 12.9. The zero-order valence-electron chi connectivity index (χ0n) is 15.6. The van der Waals surface area contributed by atoms with Gasteiger partial charge >= 0.3 is 5.97 Å². The van der Waals surface area contributed by atoms with Crippen molar-refractivity contribution < 1.29 is 14.6 Å². The van der Waals surface area contributed by atoms with Crippen molar-refractivity contribution >= 4 is 16.7 Å². The SMILES string of the molecule is Cc1cccc2c(O)c3c(c(OC(=O)c4ccccc4)c12)C1CCC3(C)C1. The average Bonchev–Trinajstić information content (AvgIpc) is 3.20. The van der Waals surface area contributed by atoms with Crippen LogP contribution in [-0.4, -0.2) is 11.1 Å². The molecular weight excluding hydrogens is 336 g/mol. The quantitative estimate of drug-likeness (QED) is 0.478. The van der Waals surface area contributed by atoms with Gasteiger partial charge in [-0.3, -0.25) is 0 Å². The van der Waals surface area contributed by atoms with Crippen molar-refractivity contribution in [2.24, 2.45) is 0 Å². The molecule has 0 aromatic heterocycles. The molecule has 3 aromatic carbocycles. The van der Waals surface area contributed by atoms with Crippen LogP contribution < -0.4 is 4.74 Å². The third-order valence-electron chi connectivity index (χ3n) is 6.46. The number of carbonyl (C=O) groups is 1. The molecule has 2 atom stereocenters. The lowest BCUT2D eigenvalue weighted by Gasteiger charge is -2.28. The molecule has 3 heteroatoms. The topological polar surface area (TPSA) is 46.5 Å². The Morgan fingerprint density at radius 1 is 1.15 bits per heavy atom. The van der Waals surface area contributed by atoms with E-state index in [1.807, 2.05) is 43.3 Å². The van der Waals surface area contributed by atoms with Crippen LogP contribution in [0.2, 0.25) is 0 Å². The molecule has 2 aliphatic rings. The summed E-state index contributed by atoms with van der Waals surface area (Å²) in [5, 5.41) is 12.7. The predicted octanol–water partition coefficient (Wildman–Crippen LogP) is 5.61. The summed E-state index contributed by atoms with van der Waals surface area (Å²) in [4.78, 5) is 12.9. The van der Waals surface area contributed by atoms with Crippen molar-refractivity contribution in [2.75, 3.05) is 0 Å². The van der Waals surface area contributed by atoms with Crippen LogP contribution in [0.1, 0.15) is 59.2 Å². The highest BCUT2D eigenvalue weighted by Crippen LogP contribution is 2.63. The summed E-state index contributed by atoms with van der Waals surface area (Å²) in [6.45, 7) is 4.23. The van der Waals surface area contributed by atoms with E-state index in [-0.39, 0.29) is 11.4 Å². The molecule has 1 saturated carbocycles. The van der Waals surface area contributed by atoms with Crippen molar-refractivity contribution in [1.29, 1.82) is 0 Å². The van der Waals surface area contributed by atoms with Gasteiger partial charge in [-0.1, -0.05) is 43.3 Å². The number of esters is 1. The third-order valence-corrected chi connectivity index (χ3v) is 6.46. The molecule has 3 nitrogen and oxygen atoms in total. The summed E-state index contributed by atoms with van der Waals surface area (Å²) in [5.74, 6) is 1.02. The molecule has 1 fully saturated rings. The molecule has 2 bridgehead atoms. The molecule has 136 valence electrons. The van der Waals surface area contributed by atoms with Crippen LogP contribution in [0.25, 0.3) is 10.8 Å². The normalized spacial score (nSPS) is 22.8. The highest BCUT2D eigenvalue weighted by Gasteiger charge is 2.50. The Morgan fingerprint density at radius 3 is 2.70 bits per heavy atom. The highest BCUT2D eigenvalue weighted by molar-refractivity contribution is 6.02. The van der Waals surface area contributed by atoms with Gasteiger partial charge in [0.05, 0.1) is 5.56 Å². The molecular formula is C24H22O3. The maximum atomic E-state index is 12.9. The Morgan fingerprint density at radius 2 is 1.93 bits per heavy atom. The number of rotatable bonds is 2. The van der Waals surface area contributed by atoms with E-state index in [0.717, 1.165) is 46.7 Å². The zero-order chi connectivity index (χ0) is 18.8. The summed E-state index contributed by atoms with van der Waals surface area (Å²) in [6.07, 6.45) is 3.17. The average molecular weight is 358 g/mol. The summed E-state index contributed by atoms with van der Waals surface area (Å²) in [6, 6.07) is 15.0. The molecule has 5 rings (SSSR count). The van der Waals surface area contributed by atoms with E-state index >= 15 is 0 Å². The molecule has 0 saturated heterocycles. The lowest BCUT2D eigenvalue weighted by Crippen LogP contribution is -2.18. The lowest BCUT2D eigenvalue weighted by molar-refractivity contribution is 0.0735. The number of carbonyl (C=O) groups excluding carboxylic acids is 1. The first-order chi connectivity index (χ1) is 13.0. The van der Waals surface area contributed by atoms with Gasteiger partial charge in [0, 0.05) is 21.9 Å². The van der Waals surface area contributed by atoms with Crippen molar-refractivity contribution in [3.8, 4) is 11.5 Å². The molecule has 0 heterocycles. The number of phenolic OH excluding ortho intramolecular Hbond substituents is 1. The van der Waals surface area contributed by atoms with Gasteiger partial charge in [-0.2, -0.15) is 0 Å². The summed E-state index contributed by atoms with van der Waals surface area (Å²) < 4.78 is 6.04. The van der Waals surface area contributed by atoms with Crippen molar-refractivity contribution in [3.63, 3.8) is 0 Å². The lowest BCUT2D eigenvalue weighted by atomic mass is 9.78. The largest absolute Gasteiger partial charge is 0.507 e. The van der Waals surface area contributed by atoms with E-state index in [9.17, 15) is 9.90 Å². The first-order valence-electron chi connectivity index (χ1n) is 9.55. The van der Waals surface area contributed by atoms with E-state index in [1.54, 1.807) is 12.1 Å². The van der Waals surface area contributed by atoms with Gasteiger partial charge in [-0.15, -0.1) is 0 Å². The monoisotopic (exact) mass is 358 g/mol. The number of aryl methyl sites for hydroxylation is 1. The molecule has 0 aliphatic heterocycles. The van der Waals surface area contributed by atoms with E-state index in [2.05, 4.69) is 6.92 Å². The highest BCUT2D eigenvalue weighted by atomic mass is 16.5. The minimum Gasteiger partial charge on any atom is -0.507 e. The fourth-order valence-electron chi connectivity index (χ4n) is 5.22. The number of hydrogen-bond acceptors (Lipinski definition) is 3. The number of aromatic hydroxyl groups is 1. The first kappa shape index (κ1) is 16.4. The summed E-state index contributed by atoms with van der Waals surface area (Å²) >= 11 is 0. The van der Waals surface area contributed by atoms with Crippen molar-refractivity contribution in [1.82, 2.24) is 0 Å². The van der Waals surface area contributed by atoms with Crippen molar-refractivity contribution in [3.05, 3.63) is 70.8 Å². The van der Waals surface area contributed by atoms with Gasteiger partial charge < -0.3 is 9.84 Å². The molecule has 0 amide bonds. The number of hydrogen-bond donors (Lipinski definition) is 1. The van der Waals surface area contributed by atoms with E-state index in [4.69, 9.17) is 4.74 Å². The number of benzene rings is 3.